The molecule has 0 aliphatic heterocycles. The van der Waals surface area contributed by atoms with E-state index in [4.69, 9.17) is 4.52 Å². The van der Waals surface area contributed by atoms with Crippen molar-refractivity contribution in [3.05, 3.63) is 71.7 Å². The van der Waals surface area contributed by atoms with Crippen molar-refractivity contribution in [2.24, 2.45) is 0 Å². The van der Waals surface area contributed by atoms with Crippen LogP contribution in [0.1, 0.15) is 37.8 Å². The van der Waals surface area contributed by atoms with E-state index >= 15 is 0 Å². The largest absolute Gasteiger partial charge is 0.465 e. The first-order chi connectivity index (χ1) is 14.6. The van der Waals surface area contributed by atoms with Gasteiger partial charge in [0.1, 0.15) is 5.69 Å². The number of nitrogens with one attached hydrogen (secondary N) is 2. The second kappa shape index (κ2) is 9.97. The Morgan fingerprint density at radius 1 is 0.967 bits per heavy atom. The Kier molecular flexibility index (Phi) is 6.88. The lowest BCUT2D eigenvalue weighted by molar-refractivity contribution is 0.0599. The lowest BCUT2D eigenvalue weighted by Crippen LogP contribution is -2.30. The molecule has 0 saturated carbocycles. The van der Waals surface area contributed by atoms with Crippen LogP contribution in [0.3, 0.4) is 0 Å². The molecule has 2 amide bonds. The molecule has 0 unspecified atom stereocenters. The number of carbonyl (C=O) groups excluding carboxylic acids is 3. The minimum Gasteiger partial charge on any atom is -0.465 e. The zero-order valence-electron chi connectivity index (χ0n) is 16.3. The van der Waals surface area contributed by atoms with Crippen LogP contribution in [0.4, 0.5) is 0 Å². The number of carbonyl (C=O) groups is 3. The summed E-state index contributed by atoms with van der Waals surface area (Å²) in [4.78, 5) is 39.5. The standard InChI is InChI=1S/C21H20N4O5/c1-29-21(28)15-8-9-16(24-13-15)19(26)22-10-5-11-23-20(27)17-12-18(30-25-17)14-6-3-2-4-7-14/h2-4,6-9,12-13H,5,10-11H2,1H3,(H,22,26)(H,23,27). The van der Waals surface area contributed by atoms with Crippen molar-refractivity contribution < 1.29 is 23.6 Å². The Morgan fingerprint density at radius 2 is 1.67 bits per heavy atom. The molecule has 3 aromatic rings. The molecule has 0 radical (unpaired) electrons. The van der Waals surface area contributed by atoms with E-state index in [0.717, 1.165) is 5.56 Å². The van der Waals surface area contributed by atoms with Gasteiger partial charge in [0.05, 0.1) is 12.7 Å². The second-order valence-corrected chi connectivity index (χ2v) is 6.23. The van der Waals surface area contributed by atoms with Crippen molar-refractivity contribution in [1.29, 1.82) is 0 Å². The van der Waals surface area contributed by atoms with E-state index in [1.54, 1.807) is 6.07 Å². The first kappa shape index (κ1) is 20.7. The quantitative estimate of drug-likeness (QED) is 0.432. The van der Waals surface area contributed by atoms with E-state index in [9.17, 15) is 14.4 Å². The third-order valence-electron chi connectivity index (χ3n) is 4.14. The zero-order chi connectivity index (χ0) is 21.3. The van der Waals surface area contributed by atoms with Gasteiger partial charge in [-0.05, 0) is 18.6 Å². The normalized spacial score (nSPS) is 10.3. The van der Waals surface area contributed by atoms with Crippen LogP contribution in [0.5, 0.6) is 0 Å². The molecule has 0 saturated heterocycles. The van der Waals surface area contributed by atoms with Crippen molar-refractivity contribution in [2.45, 2.75) is 6.42 Å². The average molecular weight is 408 g/mol. The van der Waals surface area contributed by atoms with E-state index in [-0.39, 0.29) is 28.8 Å². The number of methoxy groups -OCH3 is 1. The van der Waals surface area contributed by atoms with Gasteiger partial charge in [-0.1, -0.05) is 35.5 Å². The van der Waals surface area contributed by atoms with Crippen molar-refractivity contribution >= 4 is 17.8 Å². The summed E-state index contributed by atoms with van der Waals surface area (Å²) in [6.45, 7) is 0.689. The summed E-state index contributed by atoms with van der Waals surface area (Å²) in [6, 6.07) is 13.8. The summed E-state index contributed by atoms with van der Waals surface area (Å²) in [5, 5.41) is 9.21. The van der Waals surface area contributed by atoms with Crippen molar-refractivity contribution in [3.8, 4) is 11.3 Å². The smallest absolute Gasteiger partial charge is 0.339 e. The minimum atomic E-state index is -0.520. The number of nitrogens with zero attached hydrogens (tertiary/aromatic N) is 2. The number of aromatic nitrogens is 2. The third-order valence-corrected chi connectivity index (χ3v) is 4.14. The van der Waals surface area contributed by atoms with Crippen molar-refractivity contribution in [2.75, 3.05) is 20.2 Å². The average Bonchev–Trinajstić information content (AvgIpc) is 3.29. The zero-order valence-corrected chi connectivity index (χ0v) is 16.3. The number of hydrogen-bond acceptors (Lipinski definition) is 7. The maximum Gasteiger partial charge on any atom is 0.339 e. The highest BCUT2D eigenvalue weighted by atomic mass is 16.5. The molecular formula is C21H20N4O5. The highest BCUT2D eigenvalue weighted by molar-refractivity contribution is 5.94. The molecule has 0 aliphatic rings. The van der Waals surface area contributed by atoms with Crippen LogP contribution in [-0.4, -0.2) is 48.1 Å². The summed E-state index contributed by atoms with van der Waals surface area (Å²) in [7, 11) is 1.27. The summed E-state index contributed by atoms with van der Waals surface area (Å²) < 4.78 is 9.79. The highest BCUT2D eigenvalue weighted by Gasteiger charge is 2.13. The van der Waals surface area contributed by atoms with Crippen LogP contribution in [0.2, 0.25) is 0 Å². The number of esters is 1. The van der Waals surface area contributed by atoms with Crippen LogP contribution < -0.4 is 10.6 Å². The molecule has 3 rings (SSSR count). The van der Waals surface area contributed by atoms with Crippen LogP contribution in [-0.2, 0) is 4.74 Å². The van der Waals surface area contributed by atoms with Gasteiger partial charge in [-0.2, -0.15) is 0 Å². The molecule has 1 aromatic carbocycles. The van der Waals surface area contributed by atoms with Crippen LogP contribution in [0.15, 0.2) is 59.3 Å². The van der Waals surface area contributed by atoms with Gasteiger partial charge in [-0.3, -0.25) is 14.6 Å². The first-order valence-electron chi connectivity index (χ1n) is 9.21. The Balaban J connectivity index is 1.40. The number of pyridine rings is 1. The fourth-order valence-electron chi connectivity index (χ4n) is 2.56. The fourth-order valence-corrected chi connectivity index (χ4v) is 2.56. The Labute approximate surface area is 172 Å². The first-order valence-corrected chi connectivity index (χ1v) is 9.21. The topological polar surface area (TPSA) is 123 Å². The summed E-state index contributed by atoms with van der Waals surface area (Å²) in [6.07, 6.45) is 1.80. The fraction of sp³-hybridized carbons (Fsp3) is 0.190. The van der Waals surface area contributed by atoms with E-state index in [0.29, 0.717) is 25.3 Å². The molecule has 9 heteroatoms. The van der Waals surface area contributed by atoms with Gasteiger partial charge < -0.3 is 19.9 Å². The predicted molar refractivity (Wildman–Crippen MR) is 107 cm³/mol. The number of ether oxygens (including phenoxy) is 1. The molecule has 9 nitrogen and oxygen atoms in total. The Bertz CT molecular complexity index is 1020. The monoisotopic (exact) mass is 408 g/mol. The minimum absolute atomic E-state index is 0.183. The van der Waals surface area contributed by atoms with Gasteiger partial charge >= 0.3 is 5.97 Å². The molecule has 30 heavy (non-hydrogen) atoms. The summed E-state index contributed by atoms with van der Waals surface area (Å²) in [5.74, 6) is -0.735. The maximum atomic E-state index is 12.2. The molecule has 0 atom stereocenters. The van der Waals surface area contributed by atoms with E-state index in [2.05, 4.69) is 25.5 Å². The molecule has 0 spiro atoms. The van der Waals surface area contributed by atoms with Crippen LogP contribution >= 0.6 is 0 Å². The van der Waals surface area contributed by atoms with Crippen molar-refractivity contribution in [3.63, 3.8) is 0 Å². The van der Waals surface area contributed by atoms with E-state index < -0.39 is 5.97 Å². The summed E-state index contributed by atoms with van der Waals surface area (Å²) in [5.41, 5.74) is 1.47. The molecule has 154 valence electrons. The maximum absolute atomic E-state index is 12.2. The SMILES string of the molecule is COC(=O)c1ccc(C(=O)NCCCNC(=O)c2cc(-c3ccccc3)on2)nc1. The summed E-state index contributed by atoms with van der Waals surface area (Å²) >= 11 is 0. The van der Waals surface area contributed by atoms with Gasteiger partial charge in [-0.15, -0.1) is 0 Å². The Hall–Kier alpha value is -4.01. The van der Waals surface area contributed by atoms with Crippen LogP contribution in [0.25, 0.3) is 11.3 Å². The Morgan fingerprint density at radius 3 is 2.30 bits per heavy atom. The molecule has 0 fully saturated rings. The van der Waals surface area contributed by atoms with Crippen LogP contribution in [0, 0.1) is 0 Å². The van der Waals surface area contributed by atoms with E-state index in [1.807, 2.05) is 30.3 Å². The number of benzene rings is 1. The second-order valence-electron chi connectivity index (χ2n) is 6.23. The molecular weight excluding hydrogens is 388 g/mol. The van der Waals surface area contributed by atoms with Gasteiger partial charge in [-0.25, -0.2) is 4.79 Å². The highest BCUT2D eigenvalue weighted by Crippen LogP contribution is 2.19. The predicted octanol–water partition coefficient (Wildman–Crippen LogP) is 2.07. The van der Waals surface area contributed by atoms with Gasteiger partial charge in [0.25, 0.3) is 11.8 Å². The number of rotatable bonds is 8. The van der Waals surface area contributed by atoms with Gasteiger partial charge in [0.15, 0.2) is 11.5 Å². The molecule has 2 heterocycles. The van der Waals surface area contributed by atoms with Gasteiger partial charge in [0, 0.05) is 30.9 Å². The molecule has 2 N–H and O–H groups in total. The third kappa shape index (κ3) is 5.28. The van der Waals surface area contributed by atoms with Crippen molar-refractivity contribution in [1.82, 2.24) is 20.8 Å². The lowest BCUT2D eigenvalue weighted by atomic mass is 10.1. The van der Waals surface area contributed by atoms with Gasteiger partial charge in [0.2, 0.25) is 0 Å². The van der Waals surface area contributed by atoms with E-state index in [1.165, 1.54) is 25.4 Å². The molecule has 0 bridgehead atoms. The lowest BCUT2D eigenvalue weighted by Gasteiger charge is -2.06. The molecule has 2 aromatic heterocycles. The molecule has 0 aliphatic carbocycles. The number of hydrogen-bond donors (Lipinski definition) is 2. The number of amides is 2.